The van der Waals surface area contributed by atoms with Gasteiger partial charge in [-0.2, -0.15) is 0 Å². The fourth-order valence-electron chi connectivity index (χ4n) is 2.07. The van der Waals surface area contributed by atoms with Gasteiger partial charge < -0.3 is 9.88 Å². The predicted molar refractivity (Wildman–Crippen MR) is 62.5 cm³/mol. The van der Waals surface area contributed by atoms with Crippen molar-refractivity contribution < 1.29 is 4.79 Å². The highest BCUT2D eigenvalue weighted by atomic mass is 35.5. The molecular weight excluding hydrogens is 226 g/mol. The van der Waals surface area contributed by atoms with Gasteiger partial charge in [0, 0.05) is 25.2 Å². The van der Waals surface area contributed by atoms with Crippen molar-refractivity contribution in [3.63, 3.8) is 0 Å². The third-order valence-electron chi connectivity index (χ3n) is 3.03. The lowest BCUT2D eigenvalue weighted by atomic mass is 10.1. The molecule has 1 fully saturated rings. The summed E-state index contributed by atoms with van der Waals surface area (Å²) < 4.78 is 1.76. The number of alkyl halides is 1. The van der Waals surface area contributed by atoms with E-state index in [4.69, 9.17) is 11.6 Å². The zero-order chi connectivity index (χ0) is 11.5. The average Bonchev–Trinajstić information content (AvgIpc) is 2.84. The molecule has 0 aliphatic heterocycles. The number of carbonyl (C=O) groups excluding carboxylic acids is 1. The Hall–Kier alpha value is -1.03. The number of nitrogens with zero attached hydrogens (tertiary/aromatic N) is 2. The van der Waals surface area contributed by atoms with E-state index in [1.165, 1.54) is 0 Å². The quantitative estimate of drug-likeness (QED) is 0.817. The van der Waals surface area contributed by atoms with E-state index in [2.05, 4.69) is 10.3 Å². The van der Waals surface area contributed by atoms with E-state index >= 15 is 0 Å². The monoisotopic (exact) mass is 241 g/mol. The maximum absolute atomic E-state index is 11.7. The molecule has 1 aliphatic rings. The van der Waals surface area contributed by atoms with E-state index in [-0.39, 0.29) is 11.3 Å². The van der Waals surface area contributed by atoms with Gasteiger partial charge in [-0.15, -0.1) is 11.6 Å². The SMILES string of the molecule is Cn1cnc(C(=O)NCC2CCCC2Cl)c1. The van der Waals surface area contributed by atoms with Gasteiger partial charge in [-0.25, -0.2) is 4.98 Å². The van der Waals surface area contributed by atoms with Crippen molar-refractivity contribution in [2.75, 3.05) is 6.54 Å². The number of hydrogen-bond donors (Lipinski definition) is 1. The first-order chi connectivity index (χ1) is 7.66. The molecule has 1 aliphatic carbocycles. The molecule has 16 heavy (non-hydrogen) atoms. The van der Waals surface area contributed by atoms with Crippen LogP contribution in [0.5, 0.6) is 0 Å². The highest BCUT2D eigenvalue weighted by Crippen LogP contribution is 2.29. The molecule has 0 saturated heterocycles. The highest BCUT2D eigenvalue weighted by Gasteiger charge is 2.25. The van der Waals surface area contributed by atoms with E-state index in [0.717, 1.165) is 19.3 Å². The zero-order valence-electron chi connectivity index (χ0n) is 9.32. The second kappa shape index (κ2) is 4.87. The molecule has 4 nitrogen and oxygen atoms in total. The molecule has 0 aromatic carbocycles. The summed E-state index contributed by atoms with van der Waals surface area (Å²) in [6, 6.07) is 0. The smallest absolute Gasteiger partial charge is 0.271 e. The summed E-state index contributed by atoms with van der Waals surface area (Å²) in [5.41, 5.74) is 0.464. The van der Waals surface area contributed by atoms with Gasteiger partial charge in [-0.1, -0.05) is 6.42 Å². The lowest BCUT2D eigenvalue weighted by Gasteiger charge is -2.13. The summed E-state index contributed by atoms with van der Waals surface area (Å²) >= 11 is 6.14. The maximum atomic E-state index is 11.7. The van der Waals surface area contributed by atoms with Gasteiger partial charge in [0.15, 0.2) is 0 Å². The first-order valence-electron chi connectivity index (χ1n) is 5.57. The first kappa shape index (κ1) is 11.5. The molecule has 1 N–H and O–H groups in total. The van der Waals surface area contributed by atoms with Gasteiger partial charge in [-0.3, -0.25) is 4.79 Å². The largest absolute Gasteiger partial charge is 0.350 e. The van der Waals surface area contributed by atoms with Crippen molar-refractivity contribution in [3.05, 3.63) is 18.2 Å². The molecule has 5 heteroatoms. The van der Waals surface area contributed by atoms with Crippen LogP contribution in [0.4, 0.5) is 0 Å². The van der Waals surface area contributed by atoms with Crippen LogP contribution >= 0.6 is 11.6 Å². The van der Waals surface area contributed by atoms with Crippen molar-refractivity contribution >= 4 is 17.5 Å². The number of amides is 1. The summed E-state index contributed by atoms with van der Waals surface area (Å²) in [7, 11) is 1.84. The molecule has 88 valence electrons. The van der Waals surface area contributed by atoms with Crippen LogP contribution in [0.25, 0.3) is 0 Å². The number of rotatable bonds is 3. The Morgan fingerprint density at radius 1 is 1.69 bits per heavy atom. The fourth-order valence-corrected chi connectivity index (χ4v) is 2.44. The zero-order valence-corrected chi connectivity index (χ0v) is 10.1. The minimum Gasteiger partial charge on any atom is -0.350 e. The molecule has 1 aromatic heterocycles. The molecule has 1 saturated carbocycles. The fraction of sp³-hybridized carbons (Fsp3) is 0.636. The van der Waals surface area contributed by atoms with Crippen LogP contribution in [0, 0.1) is 5.92 Å². The Bertz CT molecular complexity index is 377. The number of aromatic nitrogens is 2. The molecule has 0 bridgehead atoms. The van der Waals surface area contributed by atoms with E-state index in [9.17, 15) is 4.79 Å². The van der Waals surface area contributed by atoms with Crippen molar-refractivity contribution in [1.82, 2.24) is 14.9 Å². The number of imidazole rings is 1. The minimum absolute atomic E-state index is 0.114. The molecule has 2 unspecified atom stereocenters. The van der Waals surface area contributed by atoms with E-state index in [1.54, 1.807) is 17.1 Å². The van der Waals surface area contributed by atoms with Crippen LogP contribution in [0.3, 0.4) is 0 Å². The van der Waals surface area contributed by atoms with Gasteiger partial charge in [0.2, 0.25) is 0 Å². The number of aryl methyl sites for hydroxylation is 1. The van der Waals surface area contributed by atoms with Crippen molar-refractivity contribution in [2.45, 2.75) is 24.6 Å². The molecule has 0 radical (unpaired) electrons. The Labute approximate surface area is 100.0 Å². The number of nitrogens with one attached hydrogen (secondary N) is 1. The van der Waals surface area contributed by atoms with Crippen LogP contribution < -0.4 is 5.32 Å². The van der Waals surface area contributed by atoms with Crippen molar-refractivity contribution in [1.29, 1.82) is 0 Å². The Morgan fingerprint density at radius 3 is 3.06 bits per heavy atom. The summed E-state index contributed by atoms with van der Waals surface area (Å²) in [4.78, 5) is 15.7. The van der Waals surface area contributed by atoms with Gasteiger partial charge in [0.1, 0.15) is 5.69 Å². The van der Waals surface area contributed by atoms with Gasteiger partial charge in [0.25, 0.3) is 5.91 Å². The summed E-state index contributed by atoms with van der Waals surface area (Å²) in [6.45, 7) is 0.656. The van der Waals surface area contributed by atoms with Crippen LogP contribution in [-0.2, 0) is 7.05 Å². The van der Waals surface area contributed by atoms with Gasteiger partial charge >= 0.3 is 0 Å². The van der Waals surface area contributed by atoms with E-state index in [0.29, 0.717) is 18.2 Å². The topological polar surface area (TPSA) is 46.9 Å². The Kier molecular flexibility index (Phi) is 3.49. The third-order valence-corrected chi connectivity index (χ3v) is 3.60. The third kappa shape index (κ3) is 2.55. The Balaban J connectivity index is 1.84. The van der Waals surface area contributed by atoms with E-state index < -0.39 is 0 Å². The van der Waals surface area contributed by atoms with E-state index in [1.807, 2.05) is 7.05 Å². The van der Waals surface area contributed by atoms with Crippen molar-refractivity contribution in [2.24, 2.45) is 13.0 Å². The summed E-state index contributed by atoms with van der Waals surface area (Å²) in [5, 5.41) is 3.10. The predicted octanol–water partition coefficient (Wildman–Crippen LogP) is 1.56. The summed E-state index contributed by atoms with van der Waals surface area (Å²) in [6.07, 6.45) is 6.66. The number of halogens is 1. The molecule has 2 rings (SSSR count). The van der Waals surface area contributed by atoms with Crippen LogP contribution in [0.2, 0.25) is 0 Å². The molecular formula is C11H16ClN3O. The number of hydrogen-bond acceptors (Lipinski definition) is 2. The molecule has 1 aromatic rings. The molecule has 0 spiro atoms. The molecule has 2 atom stereocenters. The molecule has 1 amide bonds. The minimum atomic E-state index is -0.114. The number of carbonyl (C=O) groups is 1. The van der Waals surface area contributed by atoms with Crippen molar-refractivity contribution in [3.8, 4) is 0 Å². The average molecular weight is 242 g/mol. The second-order valence-electron chi connectivity index (χ2n) is 4.34. The lowest BCUT2D eigenvalue weighted by Crippen LogP contribution is -2.31. The lowest BCUT2D eigenvalue weighted by molar-refractivity contribution is 0.0943. The van der Waals surface area contributed by atoms with Gasteiger partial charge in [-0.05, 0) is 18.8 Å². The first-order valence-corrected chi connectivity index (χ1v) is 6.00. The Morgan fingerprint density at radius 2 is 2.50 bits per heavy atom. The summed E-state index contributed by atoms with van der Waals surface area (Å²) in [5.74, 6) is 0.297. The second-order valence-corrected chi connectivity index (χ2v) is 4.90. The highest BCUT2D eigenvalue weighted by molar-refractivity contribution is 6.21. The van der Waals surface area contributed by atoms with Crippen LogP contribution in [-0.4, -0.2) is 27.4 Å². The van der Waals surface area contributed by atoms with Crippen LogP contribution in [0.15, 0.2) is 12.5 Å². The maximum Gasteiger partial charge on any atom is 0.271 e. The van der Waals surface area contributed by atoms with Crippen LogP contribution in [0.1, 0.15) is 29.8 Å². The molecule has 1 heterocycles. The standard InChI is InChI=1S/C11H16ClN3O/c1-15-6-10(14-7-15)11(16)13-5-8-3-2-4-9(8)12/h6-9H,2-5H2,1H3,(H,13,16). The normalized spacial score (nSPS) is 24.6. The van der Waals surface area contributed by atoms with Gasteiger partial charge in [0.05, 0.1) is 6.33 Å².